The maximum absolute atomic E-state index is 12.3. The number of halogens is 2. The maximum Gasteiger partial charge on any atom is 0.244 e. The summed E-state index contributed by atoms with van der Waals surface area (Å²) in [7, 11) is -3.39. The normalized spacial score (nSPS) is 19.4. The smallest absolute Gasteiger partial charge is 0.244 e. The molecule has 0 N–H and O–H groups in total. The second-order valence-electron chi connectivity index (χ2n) is 3.92. The summed E-state index contributed by atoms with van der Waals surface area (Å²) in [4.78, 5) is 4.57. The molecular formula is C10H12Br2N2O2S. The fraction of sp³-hybridized carbons (Fsp3) is 0.500. The highest BCUT2D eigenvalue weighted by Crippen LogP contribution is 2.24. The van der Waals surface area contributed by atoms with Crippen LogP contribution in [0, 0.1) is 0 Å². The molecule has 0 spiro atoms. The van der Waals surface area contributed by atoms with Crippen molar-refractivity contribution in [3.63, 3.8) is 0 Å². The van der Waals surface area contributed by atoms with Crippen LogP contribution in [0.15, 0.2) is 27.8 Å². The van der Waals surface area contributed by atoms with E-state index in [1.54, 1.807) is 12.3 Å². The van der Waals surface area contributed by atoms with Crippen LogP contribution in [0.25, 0.3) is 0 Å². The molecule has 2 heterocycles. The van der Waals surface area contributed by atoms with Gasteiger partial charge in [0.2, 0.25) is 10.0 Å². The fourth-order valence-corrected chi connectivity index (χ4v) is 4.13. The Morgan fingerprint density at radius 3 is 2.53 bits per heavy atom. The average Bonchev–Trinajstić information content (AvgIpc) is 2.29. The summed E-state index contributed by atoms with van der Waals surface area (Å²) in [5.41, 5.74) is 0. The zero-order chi connectivity index (χ0) is 12.5. The molecule has 7 heteroatoms. The summed E-state index contributed by atoms with van der Waals surface area (Å²) < 4.78 is 26.8. The number of hydrogen-bond donors (Lipinski definition) is 0. The molecule has 1 saturated heterocycles. The maximum atomic E-state index is 12.3. The Balaban J connectivity index is 2.25. The number of rotatable bonds is 2. The van der Waals surface area contributed by atoms with Gasteiger partial charge in [-0.2, -0.15) is 4.31 Å². The molecule has 0 atom stereocenters. The summed E-state index contributed by atoms with van der Waals surface area (Å²) in [5.74, 6) is 0. The van der Waals surface area contributed by atoms with Crippen LogP contribution in [-0.2, 0) is 10.0 Å². The second kappa shape index (κ2) is 5.34. The van der Waals surface area contributed by atoms with E-state index in [2.05, 4.69) is 36.8 Å². The van der Waals surface area contributed by atoms with E-state index in [-0.39, 0.29) is 4.90 Å². The van der Waals surface area contributed by atoms with Crippen molar-refractivity contribution in [2.45, 2.75) is 22.6 Å². The van der Waals surface area contributed by atoms with E-state index >= 15 is 0 Å². The van der Waals surface area contributed by atoms with Gasteiger partial charge in [0, 0.05) is 34.8 Å². The molecule has 0 saturated carbocycles. The van der Waals surface area contributed by atoms with Crippen molar-refractivity contribution in [2.24, 2.45) is 0 Å². The number of pyridine rings is 1. The Labute approximate surface area is 118 Å². The predicted octanol–water partition coefficient (Wildman–Crippen LogP) is 2.39. The number of alkyl halides is 1. The van der Waals surface area contributed by atoms with Gasteiger partial charge < -0.3 is 0 Å². The zero-order valence-electron chi connectivity index (χ0n) is 9.01. The van der Waals surface area contributed by atoms with Gasteiger partial charge in [-0.3, -0.25) is 4.98 Å². The minimum atomic E-state index is -3.39. The van der Waals surface area contributed by atoms with Gasteiger partial charge in [-0.15, -0.1) is 0 Å². The molecule has 1 aliphatic heterocycles. The van der Waals surface area contributed by atoms with Crippen LogP contribution in [0.2, 0.25) is 0 Å². The second-order valence-corrected chi connectivity index (χ2v) is 8.07. The minimum Gasteiger partial charge on any atom is -0.262 e. The van der Waals surface area contributed by atoms with Crippen molar-refractivity contribution in [3.8, 4) is 0 Å². The van der Waals surface area contributed by atoms with Gasteiger partial charge in [-0.25, -0.2) is 8.42 Å². The van der Waals surface area contributed by atoms with E-state index in [1.807, 2.05) is 0 Å². The zero-order valence-corrected chi connectivity index (χ0v) is 13.0. The Kier molecular flexibility index (Phi) is 4.22. The third kappa shape index (κ3) is 3.07. The average molecular weight is 384 g/mol. The number of aromatic nitrogens is 1. The Hall–Kier alpha value is 0.0200. The molecule has 0 unspecified atom stereocenters. The summed E-state index contributed by atoms with van der Waals surface area (Å²) in [6, 6.07) is 1.59. The Morgan fingerprint density at radius 2 is 1.94 bits per heavy atom. The molecule has 4 nitrogen and oxygen atoms in total. The van der Waals surface area contributed by atoms with E-state index in [1.165, 1.54) is 10.5 Å². The minimum absolute atomic E-state index is 0.250. The number of sulfonamides is 1. The highest BCUT2D eigenvalue weighted by Gasteiger charge is 2.28. The van der Waals surface area contributed by atoms with Crippen LogP contribution in [-0.4, -0.2) is 35.6 Å². The number of hydrogen-bond acceptors (Lipinski definition) is 3. The highest BCUT2D eigenvalue weighted by atomic mass is 79.9. The van der Waals surface area contributed by atoms with Crippen LogP contribution >= 0.6 is 31.9 Å². The van der Waals surface area contributed by atoms with Gasteiger partial charge in [-0.1, -0.05) is 15.9 Å². The van der Waals surface area contributed by atoms with Crippen molar-refractivity contribution in [1.82, 2.24) is 9.29 Å². The van der Waals surface area contributed by atoms with Crippen molar-refractivity contribution in [3.05, 3.63) is 22.9 Å². The van der Waals surface area contributed by atoms with Gasteiger partial charge in [0.25, 0.3) is 0 Å². The van der Waals surface area contributed by atoms with E-state index in [0.717, 1.165) is 12.8 Å². The molecule has 0 bridgehead atoms. The van der Waals surface area contributed by atoms with Crippen molar-refractivity contribution in [1.29, 1.82) is 0 Å². The third-order valence-corrected chi connectivity index (χ3v) is 5.91. The van der Waals surface area contributed by atoms with Crippen LogP contribution in [0.4, 0.5) is 0 Å². The lowest BCUT2D eigenvalue weighted by molar-refractivity contribution is 0.354. The van der Waals surface area contributed by atoms with Crippen LogP contribution in [0.3, 0.4) is 0 Å². The monoisotopic (exact) mass is 382 g/mol. The lowest BCUT2D eigenvalue weighted by Gasteiger charge is -2.28. The van der Waals surface area contributed by atoms with Crippen molar-refractivity contribution < 1.29 is 8.42 Å². The van der Waals surface area contributed by atoms with Gasteiger partial charge in [0.1, 0.15) is 4.90 Å². The quantitative estimate of drug-likeness (QED) is 0.736. The molecule has 1 aromatic heterocycles. The first-order chi connectivity index (χ1) is 8.00. The van der Waals surface area contributed by atoms with Gasteiger partial charge in [-0.05, 0) is 34.8 Å². The van der Waals surface area contributed by atoms with Crippen LogP contribution < -0.4 is 0 Å². The Bertz CT molecular complexity index is 499. The van der Waals surface area contributed by atoms with Gasteiger partial charge in [0.15, 0.2) is 0 Å². The molecule has 17 heavy (non-hydrogen) atoms. The van der Waals surface area contributed by atoms with Crippen molar-refractivity contribution >= 4 is 41.9 Å². The number of piperidine rings is 1. The summed E-state index contributed by atoms with van der Waals surface area (Å²) >= 11 is 6.74. The lowest BCUT2D eigenvalue weighted by atomic mass is 10.2. The summed E-state index contributed by atoms with van der Waals surface area (Å²) in [6.45, 7) is 1.12. The molecule has 2 rings (SSSR count). The molecule has 0 amide bonds. The first kappa shape index (κ1) is 13.5. The molecule has 94 valence electrons. The topological polar surface area (TPSA) is 50.3 Å². The van der Waals surface area contributed by atoms with Crippen LogP contribution in [0.5, 0.6) is 0 Å². The molecule has 0 radical (unpaired) electrons. The molecule has 1 fully saturated rings. The summed E-state index contributed by atoms with van der Waals surface area (Å²) in [5, 5.41) is 0. The molecule has 0 aliphatic carbocycles. The largest absolute Gasteiger partial charge is 0.262 e. The van der Waals surface area contributed by atoms with E-state index in [0.29, 0.717) is 22.4 Å². The van der Waals surface area contributed by atoms with E-state index < -0.39 is 10.0 Å². The first-order valence-electron chi connectivity index (χ1n) is 5.25. The van der Waals surface area contributed by atoms with Gasteiger partial charge in [0.05, 0.1) is 0 Å². The number of nitrogens with zero attached hydrogens (tertiary/aromatic N) is 2. The summed E-state index contributed by atoms with van der Waals surface area (Å²) in [6.07, 6.45) is 4.66. The van der Waals surface area contributed by atoms with E-state index in [9.17, 15) is 8.42 Å². The molecular weight excluding hydrogens is 372 g/mol. The predicted molar refractivity (Wildman–Crippen MR) is 72.6 cm³/mol. The van der Waals surface area contributed by atoms with Crippen LogP contribution in [0.1, 0.15) is 12.8 Å². The molecule has 1 aromatic rings. The third-order valence-electron chi connectivity index (χ3n) is 2.70. The standard InChI is InChI=1S/C10H12Br2N2O2S/c11-8-1-3-14(4-2-8)17(15,16)10-5-9(12)6-13-7-10/h5-8H,1-4H2. The Morgan fingerprint density at radius 1 is 1.29 bits per heavy atom. The fourth-order valence-electron chi connectivity index (χ4n) is 1.75. The lowest BCUT2D eigenvalue weighted by Crippen LogP contribution is -2.38. The SMILES string of the molecule is O=S(=O)(c1cncc(Br)c1)N1CCC(Br)CC1. The van der Waals surface area contributed by atoms with E-state index in [4.69, 9.17) is 0 Å². The molecule has 1 aliphatic rings. The molecule has 0 aromatic carbocycles. The van der Waals surface area contributed by atoms with Gasteiger partial charge >= 0.3 is 0 Å². The highest BCUT2D eigenvalue weighted by molar-refractivity contribution is 9.10. The van der Waals surface area contributed by atoms with Crippen molar-refractivity contribution in [2.75, 3.05) is 13.1 Å². The first-order valence-corrected chi connectivity index (χ1v) is 8.40.